The third kappa shape index (κ3) is 3.65. The molecule has 0 aliphatic rings. The molecule has 1 aromatic carbocycles. The average Bonchev–Trinajstić information content (AvgIpc) is 2.94. The number of anilines is 1. The molecule has 0 saturated heterocycles. The summed E-state index contributed by atoms with van der Waals surface area (Å²) in [5, 5.41) is 15.5. The van der Waals surface area contributed by atoms with Crippen LogP contribution in [-0.4, -0.2) is 25.9 Å². The molecular weight excluding hydrogens is 316 g/mol. The van der Waals surface area contributed by atoms with E-state index in [1.807, 2.05) is 43.7 Å². The summed E-state index contributed by atoms with van der Waals surface area (Å²) in [6.07, 6.45) is 0. The molecule has 0 bridgehead atoms. The summed E-state index contributed by atoms with van der Waals surface area (Å²) < 4.78 is 1.92. The predicted octanol–water partition coefficient (Wildman–Crippen LogP) is 2.55. The second-order valence-electron chi connectivity index (χ2n) is 5.96. The molecule has 0 spiro atoms. The highest BCUT2D eigenvalue weighted by molar-refractivity contribution is 5.90. The van der Waals surface area contributed by atoms with Gasteiger partial charge in [0, 0.05) is 5.69 Å². The number of hydrogen-bond donors (Lipinski definition) is 2. The quantitative estimate of drug-likeness (QED) is 0.746. The van der Waals surface area contributed by atoms with Gasteiger partial charge < -0.3 is 11.1 Å². The van der Waals surface area contributed by atoms with Crippen LogP contribution in [0.2, 0.25) is 0 Å². The second kappa shape index (κ2) is 6.72. The maximum Gasteiger partial charge on any atom is 0.269 e. The minimum atomic E-state index is -0.591. The van der Waals surface area contributed by atoms with Gasteiger partial charge in [-0.1, -0.05) is 12.1 Å². The van der Waals surface area contributed by atoms with Crippen LogP contribution in [0.1, 0.15) is 40.4 Å². The van der Waals surface area contributed by atoms with Crippen molar-refractivity contribution < 1.29 is 4.79 Å². The van der Waals surface area contributed by atoms with E-state index in [2.05, 4.69) is 32.7 Å². The van der Waals surface area contributed by atoms with Crippen molar-refractivity contribution in [1.82, 2.24) is 20.0 Å². The third-order valence-corrected chi connectivity index (χ3v) is 3.93. The fraction of sp³-hybridized carbons (Fsp3) is 0.222. The van der Waals surface area contributed by atoms with Crippen molar-refractivity contribution >= 4 is 11.7 Å². The molecule has 3 aromatic rings. The number of aryl methyl sites for hydroxylation is 2. The van der Waals surface area contributed by atoms with Gasteiger partial charge in [-0.15, -0.1) is 10.2 Å². The van der Waals surface area contributed by atoms with Gasteiger partial charge in [-0.25, -0.2) is 4.68 Å². The summed E-state index contributed by atoms with van der Waals surface area (Å²) in [4.78, 5) is 11.0. The van der Waals surface area contributed by atoms with Gasteiger partial charge in [0.05, 0.1) is 17.4 Å². The Balaban J connectivity index is 1.73. The van der Waals surface area contributed by atoms with Gasteiger partial charge in [0.25, 0.3) is 5.91 Å². The summed E-state index contributed by atoms with van der Waals surface area (Å²) in [5.41, 5.74) is 9.52. The van der Waals surface area contributed by atoms with Crippen molar-refractivity contribution in [2.24, 2.45) is 5.73 Å². The average molecular weight is 336 g/mol. The highest BCUT2D eigenvalue weighted by atomic mass is 16.1. The van der Waals surface area contributed by atoms with Gasteiger partial charge >= 0.3 is 0 Å². The summed E-state index contributed by atoms with van der Waals surface area (Å²) in [6, 6.07) is 13.5. The van der Waals surface area contributed by atoms with E-state index in [1.54, 1.807) is 12.1 Å². The molecular formula is C18H20N6O. The minimum Gasteiger partial charge on any atom is -0.364 e. The van der Waals surface area contributed by atoms with Gasteiger partial charge in [0.15, 0.2) is 5.69 Å². The Bertz CT molecular complexity index is 883. The van der Waals surface area contributed by atoms with Crippen molar-refractivity contribution in [3.05, 3.63) is 65.1 Å². The van der Waals surface area contributed by atoms with Gasteiger partial charge in [0.1, 0.15) is 5.82 Å². The van der Waals surface area contributed by atoms with Crippen LogP contribution in [0.15, 0.2) is 42.5 Å². The first kappa shape index (κ1) is 16.6. The Morgan fingerprint density at radius 3 is 2.36 bits per heavy atom. The van der Waals surface area contributed by atoms with E-state index >= 15 is 0 Å². The molecule has 128 valence electrons. The Hall–Kier alpha value is -3.22. The molecule has 0 unspecified atom stereocenters. The van der Waals surface area contributed by atoms with E-state index < -0.39 is 5.91 Å². The minimum absolute atomic E-state index is 0.0308. The van der Waals surface area contributed by atoms with Crippen LogP contribution in [0, 0.1) is 13.8 Å². The molecule has 3 N–H and O–H groups in total. The number of nitrogens with two attached hydrogens (primary N) is 1. The molecule has 0 aliphatic carbocycles. The molecule has 7 nitrogen and oxygen atoms in total. The molecule has 0 fully saturated rings. The zero-order valence-corrected chi connectivity index (χ0v) is 14.4. The number of rotatable bonds is 5. The van der Waals surface area contributed by atoms with Crippen molar-refractivity contribution in [2.75, 3.05) is 5.32 Å². The predicted molar refractivity (Wildman–Crippen MR) is 95.6 cm³/mol. The van der Waals surface area contributed by atoms with E-state index in [9.17, 15) is 4.79 Å². The van der Waals surface area contributed by atoms with Crippen LogP contribution in [0.25, 0.3) is 5.69 Å². The van der Waals surface area contributed by atoms with Crippen LogP contribution in [0.3, 0.4) is 0 Å². The van der Waals surface area contributed by atoms with E-state index in [1.165, 1.54) is 0 Å². The summed E-state index contributed by atoms with van der Waals surface area (Å²) in [7, 11) is 0. The van der Waals surface area contributed by atoms with Crippen molar-refractivity contribution in [2.45, 2.75) is 26.8 Å². The van der Waals surface area contributed by atoms with Crippen LogP contribution < -0.4 is 11.1 Å². The molecule has 0 saturated carbocycles. The number of amides is 1. The fourth-order valence-electron chi connectivity index (χ4n) is 2.64. The number of carbonyl (C=O) groups excluding carboxylic acids is 1. The van der Waals surface area contributed by atoms with E-state index in [0.717, 1.165) is 22.6 Å². The molecule has 25 heavy (non-hydrogen) atoms. The standard InChI is InChI=1S/C18H20N6O/c1-11-10-12(2)24(23-11)15-6-4-14(5-7-15)13(3)20-17-9-8-16(18(19)25)21-22-17/h4-10,13H,1-3H3,(H2,19,25)(H,20,22)/t13-/m0/s1. The maximum atomic E-state index is 11.0. The zero-order valence-electron chi connectivity index (χ0n) is 14.4. The monoisotopic (exact) mass is 336 g/mol. The Morgan fingerprint density at radius 2 is 1.84 bits per heavy atom. The molecule has 0 aliphatic heterocycles. The van der Waals surface area contributed by atoms with Crippen LogP contribution >= 0.6 is 0 Å². The lowest BCUT2D eigenvalue weighted by molar-refractivity contribution is 0.0994. The van der Waals surface area contributed by atoms with Crippen LogP contribution in [-0.2, 0) is 0 Å². The van der Waals surface area contributed by atoms with E-state index in [0.29, 0.717) is 5.82 Å². The molecule has 2 aromatic heterocycles. The molecule has 3 rings (SSSR count). The lowest BCUT2D eigenvalue weighted by Gasteiger charge is -2.15. The van der Waals surface area contributed by atoms with Crippen molar-refractivity contribution in [3.8, 4) is 5.69 Å². The molecule has 0 radical (unpaired) electrons. The first-order chi connectivity index (χ1) is 11.9. The number of benzene rings is 1. The van der Waals surface area contributed by atoms with Gasteiger partial charge in [-0.3, -0.25) is 4.79 Å². The third-order valence-electron chi connectivity index (χ3n) is 3.93. The second-order valence-corrected chi connectivity index (χ2v) is 5.96. The normalized spacial score (nSPS) is 12.0. The van der Waals surface area contributed by atoms with Crippen LogP contribution in [0.5, 0.6) is 0 Å². The smallest absolute Gasteiger partial charge is 0.269 e. The maximum absolute atomic E-state index is 11.0. The number of primary amides is 1. The zero-order chi connectivity index (χ0) is 18.0. The van der Waals surface area contributed by atoms with Crippen molar-refractivity contribution in [3.63, 3.8) is 0 Å². The van der Waals surface area contributed by atoms with Gasteiger partial charge in [-0.05, 0) is 56.7 Å². The Kier molecular flexibility index (Phi) is 4.47. The largest absolute Gasteiger partial charge is 0.364 e. The first-order valence-corrected chi connectivity index (χ1v) is 7.97. The van der Waals surface area contributed by atoms with E-state index in [-0.39, 0.29) is 11.7 Å². The summed E-state index contributed by atoms with van der Waals surface area (Å²) >= 11 is 0. The number of carbonyl (C=O) groups is 1. The van der Waals surface area contributed by atoms with Crippen LogP contribution in [0.4, 0.5) is 5.82 Å². The Labute approximate surface area is 145 Å². The lowest BCUT2D eigenvalue weighted by Crippen LogP contribution is -2.15. The fourth-order valence-corrected chi connectivity index (χ4v) is 2.64. The number of aromatic nitrogens is 4. The number of nitrogens with zero attached hydrogens (tertiary/aromatic N) is 4. The van der Waals surface area contributed by atoms with Gasteiger partial charge in [-0.2, -0.15) is 5.10 Å². The van der Waals surface area contributed by atoms with E-state index in [4.69, 9.17) is 5.73 Å². The lowest BCUT2D eigenvalue weighted by atomic mass is 10.1. The van der Waals surface area contributed by atoms with Gasteiger partial charge in [0.2, 0.25) is 0 Å². The number of nitrogens with one attached hydrogen (secondary N) is 1. The highest BCUT2D eigenvalue weighted by Gasteiger charge is 2.09. The molecule has 1 atom stereocenters. The Morgan fingerprint density at radius 1 is 1.12 bits per heavy atom. The summed E-state index contributed by atoms with van der Waals surface area (Å²) in [6.45, 7) is 6.04. The first-order valence-electron chi connectivity index (χ1n) is 7.97. The molecule has 2 heterocycles. The summed E-state index contributed by atoms with van der Waals surface area (Å²) in [5.74, 6) is -0.00744. The topological polar surface area (TPSA) is 98.7 Å². The molecule has 1 amide bonds. The molecule has 7 heteroatoms. The number of hydrogen-bond acceptors (Lipinski definition) is 5. The SMILES string of the molecule is Cc1cc(C)n(-c2ccc([C@H](C)Nc3ccc(C(N)=O)nn3)cc2)n1. The highest BCUT2D eigenvalue weighted by Crippen LogP contribution is 2.20. The van der Waals surface area contributed by atoms with Crippen molar-refractivity contribution in [1.29, 1.82) is 0 Å².